The summed E-state index contributed by atoms with van der Waals surface area (Å²) >= 11 is 0. The van der Waals surface area contributed by atoms with Crippen LogP contribution < -0.4 is 14.8 Å². The van der Waals surface area contributed by atoms with E-state index >= 15 is 0 Å². The van der Waals surface area contributed by atoms with Crippen molar-refractivity contribution in [3.8, 4) is 11.5 Å². The Kier molecular flexibility index (Phi) is 3.06. The van der Waals surface area contributed by atoms with Crippen LogP contribution in [-0.4, -0.2) is 26.8 Å². The summed E-state index contributed by atoms with van der Waals surface area (Å²) in [7, 11) is 1.73. The molecular weight excluding hydrogens is 197 g/mol. The summed E-state index contributed by atoms with van der Waals surface area (Å²) in [6, 6.07) is 5.19. The van der Waals surface area contributed by atoms with Crippen molar-refractivity contribution in [2.24, 2.45) is 0 Å². The van der Waals surface area contributed by atoms with Crippen molar-refractivity contribution < 1.29 is 13.9 Å². The summed E-state index contributed by atoms with van der Waals surface area (Å²) in [5, 5.41) is 2.80. The molecule has 0 saturated heterocycles. The van der Waals surface area contributed by atoms with Gasteiger partial charge in [0.15, 0.2) is 11.5 Å². The molecule has 0 aromatic heterocycles. The average molecular weight is 211 g/mol. The third-order valence-electron chi connectivity index (χ3n) is 2.31. The highest BCUT2D eigenvalue weighted by Gasteiger charge is 2.15. The molecule has 0 spiro atoms. The number of alkyl halides is 1. The predicted molar refractivity (Wildman–Crippen MR) is 55.2 cm³/mol. The van der Waals surface area contributed by atoms with Crippen molar-refractivity contribution in [2.45, 2.75) is 6.17 Å². The first-order valence-corrected chi connectivity index (χ1v) is 4.99. The molecule has 0 bridgehead atoms. The Hall–Kier alpha value is -1.29. The summed E-state index contributed by atoms with van der Waals surface area (Å²) in [5.74, 6) is 1.33. The molecule has 1 aliphatic rings. The van der Waals surface area contributed by atoms with Crippen LogP contribution in [0.25, 0.3) is 0 Å². The fraction of sp³-hybridized carbons (Fsp3) is 0.455. The topological polar surface area (TPSA) is 30.5 Å². The predicted octanol–water partition coefficient (Wildman–Crippen LogP) is 1.69. The lowest BCUT2D eigenvalue weighted by atomic mass is 10.1. The fourth-order valence-corrected chi connectivity index (χ4v) is 1.55. The zero-order chi connectivity index (χ0) is 10.7. The van der Waals surface area contributed by atoms with Gasteiger partial charge < -0.3 is 14.8 Å². The average Bonchev–Trinajstić information content (AvgIpc) is 2.29. The van der Waals surface area contributed by atoms with Gasteiger partial charge in [0.1, 0.15) is 19.4 Å². The number of fused-ring (bicyclic) bond motifs is 1. The van der Waals surface area contributed by atoms with Gasteiger partial charge >= 0.3 is 0 Å². The van der Waals surface area contributed by atoms with E-state index in [1.54, 1.807) is 25.2 Å². The molecule has 1 aliphatic heterocycles. The van der Waals surface area contributed by atoms with E-state index in [4.69, 9.17) is 9.47 Å². The minimum atomic E-state index is -1.01. The number of likely N-dealkylation sites (N-methyl/N-ethyl adjacent to an activating group) is 1. The van der Waals surface area contributed by atoms with E-state index < -0.39 is 6.17 Å². The second kappa shape index (κ2) is 4.49. The molecule has 82 valence electrons. The van der Waals surface area contributed by atoms with Crippen molar-refractivity contribution in [3.05, 3.63) is 23.8 Å². The van der Waals surface area contributed by atoms with Crippen molar-refractivity contribution in [3.63, 3.8) is 0 Å². The Morgan fingerprint density at radius 2 is 2.07 bits per heavy atom. The Morgan fingerprint density at radius 1 is 1.33 bits per heavy atom. The lowest BCUT2D eigenvalue weighted by Crippen LogP contribution is -2.17. The molecule has 1 heterocycles. The molecule has 4 heteroatoms. The second-order valence-electron chi connectivity index (χ2n) is 3.43. The summed E-state index contributed by atoms with van der Waals surface area (Å²) < 4.78 is 24.3. The van der Waals surface area contributed by atoms with Crippen LogP contribution in [0.15, 0.2) is 18.2 Å². The van der Waals surface area contributed by atoms with Gasteiger partial charge in [-0.3, -0.25) is 0 Å². The third-order valence-corrected chi connectivity index (χ3v) is 2.31. The Morgan fingerprint density at radius 3 is 2.80 bits per heavy atom. The van der Waals surface area contributed by atoms with Crippen molar-refractivity contribution >= 4 is 0 Å². The van der Waals surface area contributed by atoms with Gasteiger partial charge in [0.25, 0.3) is 0 Å². The van der Waals surface area contributed by atoms with E-state index in [1.807, 2.05) is 0 Å². The number of nitrogens with one attached hydrogen (secondary N) is 1. The molecule has 0 radical (unpaired) electrons. The second-order valence-corrected chi connectivity index (χ2v) is 3.43. The molecule has 1 aromatic rings. The Bertz CT molecular complexity index is 343. The van der Waals surface area contributed by atoms with Crippen LogP contribution in [0.2, 0.25) is 0 Å². The maximum absolute atomic E-state index is 13.5. The molecule has 0 saturated carbocycles. The zero-order valence-electron chi connectivity index (χ0n) is 8.63. The summed E-state index contributed by atoms with van der Waals surface area (Å²) in [6.07, 6.45) is -1.01. The van der Waals surface area contributed by atoms with Gasteiger partial charge in [-0.2, -0.15) is 0 Å². The number of rotatable bonds is 3. The van der Waals surface area contributed by atoms with Crippen molar-refractivity contribution in [2.75, 3.05) is 26.8 Å². The zero-order valence-corrected chi connectivity index (χ0v) is 8.63. The van der Waals surface area contributed by atoms with Gasteiger partial charge in [-0.1, -0.05) is 6.07 Å². The van der Waals surface area contributed by atoms with Gasteiger partial charge in [0.2, 0.25) is 0 Å². The van der Waals surface area contributed by atoms with E-state index in [1.165, 1.54) is 0 Å². The first-order valence-electron chi connectivity index (χ1n) is 4.99. The maximum Gasteiger partial charge on any atom is 0.161 e. The normalized spacial score (nSPS) is 16.1. The van der Waals surface area contributed by atoms with Crippen molar-refractivity contribution in [1.82, 2.24) is 5.32 Å². The smallest absolute Gasteiger partial charge is 0.161 e. The summed E-state index contributed by atoms with van der Waals surface area (Å²) in [4.78, 5) is 0. The summed E-state index contributed by atoms with van der Waals surface area (Å²) in [5.41, 5.74) is 0.619. The fourth-order valence-electron chi connectivity index (χ4n) is 1.55. The standard InChI is InChI=1S/C11H14FNO2/c1-13-7-9(12)8-2-3-10-11(6-8)15-5-4-14-10/h2-3,6,9,13H,4-5,7H2,1H3. The lowest BCUT2D eigenvalue weighted by molar-refractivity contribution is 0.171. The van der Waals surface area contributed by atoms with Crippen LogP contribution in [0.4, 0.5) is 4.39 Å². The Labute approximate surface area is 88.2 Å². The van der Waals surface area contributed by atoms with Crippen LogP contribution in [0, 0.1) is 0 Å². The van der Waals surface area contributed by atoms with E-state index in [2.05, 4.69) is 5.32 Å². The van der Waals surface area contributed by atoms with Crippen molar-refractivity contribution in [1.29, 1.82) is 0 Å². The highest BCUT2D eigenvalue weighted by molar-refractivity contribution is 5.44. The number of ether oxygens (including phenoxy) is 2. The lowest BCUT2D eigenvalue weighted by Gasteiger charge is -2.19. The highest BCUT2D eigenvalue weighted by atomic mass is 19.1. The molecule has 1 unspecified atom stereocenters. The number of hydrogen-bond acceptors (Lipinski definition) is 3. The van der Waals surface area contributed by atoms with Gasteiger partial charge in [0.05, 0.1) is 0 Å². The summed E-state index contributed by atoms with van der Waals surface area (Å²) in [6.45, 7) is 1.39. The molecule has 3 nitrogen and oxygen atoms in total. The van der Waals surface area contributed by atoms with Gasteiger partial charge in [-0.05, 0) is 24.7 Å². The minimum Gasteiger partial charge on any atom is -0.486 e. The minimum absolute atomic E-state index is 0.305. The van der Waals surface area contributed by atoms with Crippen LogP contribution >= 0.6 is 0 Å². The van der Waals surface area contributed by atoms with Crippen LogP contribution in [0.5, 0.6) is 11.5 Å². The molecule has 0 aliphatic carbocycles. The largest absolute Gasteiger partial charge is 0.486 e. The van der Waals surface area contributed by atoms with Crippen LogP contribution in [0.3, 0.4) is 0 Å². The molecule has 1 N–H and O–H groups in total. The van der Waals surface area contributed by atoms with E-state index in [0.717, 1.165) is 0 Å². The molecule has 2 rings (SSSR count). The first-order chi connectivity index (χ1) is 7.31. The first kappa shape index (κ1) is 10.2. The van der Waals surface area contributed by atoms with Crippen LogP contribution in [0.1, 0.15) is 11.7 Å². The van der Waals surface area contributed by atoms with Gasteiger partial charge in [-0.25, -0.2) is 4.39 Å². The quantitative estimate of drug-likeness (QED) is 0.825. The van der Waals surface area contributed by atoms with E-state index in [0.29, 0.717) is 36.8 Å². The third kappa shape index (κ3) is 2.21. The highest BCUT2D eigenvalue weighted by Crippen LogP contribution is 2.33. The molecule has 1 atom stereocenters. The molecule has 15 heavy (non-hydrogen) atoms. The van der Waals surface area contributed by atoms with Crippen LogP contribution in [-0.2, 0) is 0 Å². The number of benzene rings is 1. The van der Waals surface area contributed by atoms with Gasteiger partial charge in [0, 0.05) is 6.54 Å². The molecule has 0 fully saturated rings. The number of hydrogen-bond donors (Lipinski definition) is 1. The van der Waals surface area contributed by atoms with E-state index in [9.17, 15) is 4.39 Å². The van der Waals surface area contributed by atoms with Gasteiger partial charge in [-0.15, -0.1) is 0 Å². The molecular formula is C11H14FNO2. The monoisotopic (exact) mass is 211 g/mol. The van der Waals surface area contributed by atoms with E-state index in [-0.39, 0.29) is 0 Å². The SMILES string of the molecule is CNCC(F)c1ccc2c(c1)OCCO2. The molecule has 0 amide bonds. The number of halogens is 1. The maximum atomic E-state index is 13.5. The molecule has 1 aromatic carbocycles. The Balaban J connectivity index is 2.20.